The second-order valence-electron chi connectivity index (χ2n) is 4.88. The molecule has 1 fully saturated rings. The van der Waals surface area contributed by atoms with E-state index in [0.717, 1.165) is 37.5 Å². The van der Waals surface area contributed by atoms with E-state index in [1.54, 1.807) is 6.20 Å². The molecule has 0 spiro atoms. The van der Waals surface area contributed by atoms with Gasteiger partial charge in [-0.05, 0) is 30.3 Å². The van der Waals surface area contributed by atoms with Gasteiger partial charge in [0.25, 0.3) is 0 Å². The second kappa shape index (κ2) is 6.39. The molecule has 3 rings (SSSR count). The minimum Gasteiger partial charge on any atom is -0.489 e. The number of ether oxygens (including phenoxy) is 1. The van der Waals surface area contributed by atoms with Gasteiger partial charge in [0, 0.05) is 49.8 Å². The Hall–Kier alpha value is -2.07. The largest absolute Gasteiger partial charge is 0.489 e. The highest BCUT2D eigenvalue weighted by atomic mass is 16.5. The summed E-state index contributed by atoms with van der Waals surface area (Å²) in [6, 6.07) is 12.3. The predicted molar refractivity (Wildman–Crippen MR) is 80.1 cm³/mol. The molecule has 1 aromatic heterocycles. The molecule has 2 aromatic rings. The molecule has 4 nitrogen and oxygen atoms in total. The molecule has 0 saturated carbocycles. The van der Waals surface area contributed by atoms with E-state index in [0.29, 0.717) is 6.61 Å². The average Bonchev–Trinajstić information content (AvgIpc) is 2.55. The minimum atomic E-state index is 0.556. The smallest absolute Gasteiger partial charge is 0.119 e. The van der Waals surface area contributed by atoms with Crippen LogP contribution in [0.3, 0.4) is 0 Å². The topological polar surface area (TPSA) is 37.4 Å². The number of aromatic nitrogens is 1. The van der Waals surface area contributed by atoms with Crippen LogP contribution in [0.2, 0.25) is 0 Å². The van der Waals surface area contributed by atoms with Gasteiger partial charge in [-0.25, -0.2) is 0 Å². The number of benzene rings is 1. The highest BCUT2D eigenvalue weighted by Gasteiger charge is 2.09. The first kappa shape index (κ1) is 12.9. The lowest BCUT2D eigenvalue weighted by Gasteiger charge is -2.29. The van der Waals surface area contributed by atoms with Gasteiger partial charge < -0.3 is 15.0 Å². The summed E-state index contributed by atoms with van der Waals surface area (Å²) in [7, 11) is 0. The SMILES string of the molecule is c1cncc(COc2ccc(N3CCNCC3)cc2)c1. The lowest BCUT2D eigenvalue weighted by atomic mass is 10.2. The summed E-state index contributed by atoms with van der Waals surface area (Å²) in [6.07, 6.45) is 3.60. The molecule has 2 heterocycles. The Balaban J connectivity index is 1.58. The maximum atomic E-state index is 5.76. The first-order chi connectivity index (χ1) is 9.92. The van der Waals surface area contributed by atoms with Gasteiger partial charge in [0.05, 0.1) is 0 Å². The van der Waals surface area contributed by atoms with Crippen molar-refractivity contribution in [1.29, 1.82) is 0 Å². The molecule has 104 valence electrons. The molecule has 0 amide bonds. The van der Waals surface area contributed by atoms with Crippen LogP contribution in [0, 0.1) is 0 Å². The summed E-state index contributed by atoms with van der Waals surface area (Å²) in [4.78, 5) is 6.47. The van der Waals surface area contributed by atoms with E-state index in [2.05, 4.69) is 27.3 Å². The Morgan fingerprint density at radius 1 is 1.10 bits per heavy atom. The number of nitrogens with one attached hydrogen (secondary N) is 1. The lowest BCUT2D eigenvalue weighted by molar-refractivity contribution is 0.306. The zero-order chi connectivity index (χ0) is 13.6. The molecule has 1 aliphatic heterocycles. The normalized spacial score (nSPS) is 15.1. The van der Waals surface area contributed by atoms with Gasteiger partial charge in [0.15, 0.2) is 0 Å². The molecule has 1 saturated heterocycles. The van der Waals surface area contributed by atoms with Crippen molar-refractivity contribution in [3.63, 3.8) is 0 Å². The van der Waals surface area contributed by atoms with E-state index in [1.165, 1.54) is 5.69 Å². The quantitative estimate of drug-likeness (QED) is 0.922. The van der Waals surface area contributed by atoms with E-state index in [4.69, 9.17) is 4.74 Å². The summed E-state index contributed by atoms with van der Waals surface area (Å²) >= 11 is 0. The molecule has 0 bridgehead atoms. The summed E-state index contributed by atoms with van der Waals surface area (Å²) in [5.74, 6) is 0.896. The van der Waals surface area contributed by atoms with Crippen molar-refractivity contribution in [2.24, 2.45) is 0 Å². The van der Waals surface area contributed by atoms with Gasteiger partial charge >= 0.3 is 0 Å². The van der Waals surface area contributed by atoms with Crippen molar-refractivity contribution in [3.05, 3.63) is 54.4 Å². The van der Waals surface area contributed by atoms with Gasteiger partial charge in [-0.15, -0.1) is 0 Å². The average molecular weight is 269 g/mol. The highest BCUT2D eigenvalue weighted by Crippen LogP contribution is 2.20. The number of rotatable bonds is 4. The van der Waals surface area contributed by atoms with Crippen LogP contribution in [0.1, 0.15) is 5.56 Å². The van der Waals surface area contributed by atoms with Crippen LogP contribution in [-0.2, 0) is 6.61 Å². The second-order valence-corrected chi connectivity index (χ2v) is 4.88. The molecule has 4 heteroatoms. The molecule has 0 atom stereocenters. The van der Waals surface area contributed by atoms with E-state index in [1.807, 2.05) is 30.5 Å². The third-order valence-corrected chi connectivity index (χ3v) is 3.45. The summed E-state index contributed by atoms with van der Waals surface area (Å²) in [5, 5.41) is 3.36. The Labute approximate surface area is 119 Å². The number of hydrogen-bond acceptors (Lipinski definition) is 4. The third kappa shape index (κ3) is 3.27. The van der Waals surface area contributed by atoms with Crippen LogP contribution in [-0.4, -0.2) is 31.2 Å². The standard InChI is InChI=1S/C16H19N3O/c1-2-14(12-18-7-1)13-20-16-5-3-15(4-6-16)19-10-8-17-9-11-19/h1-7,12,17H,8-11,13H2. The van der Waals surface area contributed by atoms with E-state index in [9.17, 15) is 0 Å². The van der Waals surface area contributed by atoms with Crippen LogP contribution in [0.5, 0.6) is 5.75 Å². The molecular formula is C16H19N3O. The van der Waals surface area contributed by atoms with Crippen LogP contribution in [0.4, 0.5) is 5.69 Å². The first-order valence-electron chi connectivity index (χ1n) is 6.99. The van der Waals surface area contributed by atoms with Crippen LogP contribution < -0.4 is 15.0 Å². The molecular weight excluding hydrogens is 250 g/mol. The molecule has 1 N–H and O–H groups in total. The van der Waals surface area contributed by atoms with Crippen LogP contribution in [0.25, 0.3) is 0 Å². The fraction of sp³-hybridized carbons (Fsp3) is 0.312. The Morgan fingerprint density at radius 2 is 1.90 bits per heavy atom. The Morgan fingerprint density at radius 3 is 2.60 bits per heavy atom. The summed E-state index contributed by atoms with van der Waals surface area (Å²) < 4.78 is 5.76. The van der Waals surface area contributed by atoms with E-state index >= 15 is 0 Å². The van der Waals surface area contributed by atoms with Crippen LogP contribution >= 0.6 is 0 Å². The Kier molecular flexibility index (Phi) is 4.13. The monoisotopic (exact) mass is 269 g/mol. The fourth-order valence-corrected chi connectivity index (χ4v) is 2.33. The third-order valence-electron chi connectivity index (χ3n) is 3.45. The predicted octanol–water partition coefficient (Wildman–Crippen LogP) is 2.07. The molecule has 0 radical (unpaired) electrons. The van der Waals surface area contributed by atoms with Crippen LogP contribution in [0.15, 0.2) is 48.8 Å². The van der Waals surface area contributed by atoms with Crippen molar-refractivity contribution in [1.82, 2.24) is 10.3 Å². The molecule has 0 unspecified atom stereocenters. The molecule has 1 aromatic carbocycles. The van der Waals surface area contributed by atoms with E-state index in [-0.39, 0.29) is 0 Å². The summed E-state index contributed by atoms with van der Waals surface area (Å²) in [5.41, 5.74) is 2.35. The minimum absolute atomic E-state index is 0.556. The van der Waals surface area contributed by atoms with Gasteiger partial charge in [-0.1, -0.05) is 6.07 Å². The van der Waals surface area contributed by atoms with Crippen molar-refractivity contribution >= 4 is 5.69 Å². The Bertz CT molecular complexity index is 521. The molecule has 0 aliphatic carbocycles. The van der Waals surface area contributed by atoms with Gasteiger partial charge in [-0.3, -0.25) is 4.98 Å². The van der Waals surface area contributed by atoms with Gasteiger partial charge in [0.1, 0.15) is 12.4 Å². The number of nitrogens with zero attached hydrogens (tertiary/aromatic N) is 2. The number of piperazine rings is 1. The van der Waals surface area contributed by atoms with Gasteiger partial charge in [0.2, 0.25) is 0 Å². The number of anilines is 1. The van der Waals surface area contributed by atoms with E-state index < -0.39 is 0 Å². The lowest BCUT2D eigenvalue weighted by Crippen LogP contribution is -2.43. The fourth-order valence-electron chi connectivity index (χ4n) is 2.33. The first-order valence-corrected chi connectivity index (χ1v) is 6.99. The number of hydrogen-bond donors (Lipinski definition) is 1. The van der Waals surface area contributed by atoms with Crippen molar-refractivity contribution < 1.29 is 4.74 Å². The zero-order valence-electron chi connectivity index (χ0n) is 11.5. The maximum absolute atomic E-state index is 5.76. The van der Waals surface area contributed by atoms with Crippen molar-refractivity contribution in [2.75, 3.05) is 31.1 Å². The summed E-state index contributed by atoms with van der Waals surface area (Å²) in [6.45, 7) is 4.80. The van der Waals surface area contributed by atoms with Crippen molar-refractivity contribution in [3.8, 4) is 5.75 Å². The molecule has 1 aliphatic rings. The highest BCUT2D eigenvalue weighted by molar-refractivity contribution is 5.49. The van der Waals surface area contributed by atoms with Crippen molar-refractivity contribution in [2.45, 2.75) is 6.61 Å². The number of pyridine rings is 1. The molecule has 20 heavy (non-hydrogen) atoms. The maximum Gasteiger partial charge on any atom is 0.119 e. The zero-order valence-corrected chi connectivity index (χ0v) is 11.5. The van der Waals surface area contributed by atoms with Gasteiger partial charge in [-0.2, -0.15) is 0 Å².